The average Bonchev–Trinajstić information content (AvgIpc) is 3.33. The minimum absolute atomic E-state index is 0. The minimum atomic E-state index is 0. The summed E-state index contributed by atoms with van der Waals surface area (Å²) in [4.78, 5) is 1.70. The van der Waals surface area contributed by atoms with E-state index in [9.17, 15) is 0 Å². The maximum Gasteiger partial charge on any atom is 4.00 e. The Morgan fingerprint density at radius 2 is 1.54 bits per heavy atom. The zero-order chi connectivity index (χ0) is 17.2. The minimum Gasteiger partial charge on any atom is -1.00 e. The fraction of sp³-hybridized carbons (Fsp3) is 0.136. The Balaban J connectivity index is 0.000000341. The molecule has 140 valence electrons. The predicted octanol–water partition coefficient (Wildman–Crippen LogP) is -0.616. The summed E-state index contributed by atoms with van der Waals surface area (Å²) in [7, 11) is 0. The molecule has 0 N–H and O–H groups in total. The molecule has 0 bridgehead atoms. The fourth-order valence-electron chi connectivity index (χ4n) is 2.87. The molecule has 0 saturated heterocycles. The molecule has 0 spiro atoms. The summed E-state index contributed by atoms with van der Waals surface area (Å²) in [6.07, 6.45) is 6.41. The van der Waals surface area contributed by atoms with Crippen LogP contribution in [0.3, 0.4) is 0 Å². The molecule has 3 aromatic carbocycles. The van der Waals surface area contributed by atoms with E-state index in [1.165, 1.54) is 21.9 Å². The number of aromatic nitrogens is 3. The number of nitrogens with zero attached hydrogens (tertiary/aromatic N) is 3. The second-order valence-electron chi connectivity index (χ2n) is 6.21. The summed E-state index contributed by atoms with van der Waals surface area (Å²) in [5, 5.41) is 11.4. The summed E-state index contributed by atoms with van der Waals surface area (Å²) in [6.45, 7) is 4.22. The second-order valence-corrected chi connectivity index (χ2v) is 6.21. The molecule has 1 aliphatic carbocycles. The Bertz CT molecular complexity index is 955. The van der Waals surface area contributed by atoms with Gasteiger partial charge in [-0.1, -0.05) is 25.1 Å². The van der Waals surface area contributed by atoms with Crippen LogP contribution in [0.4, 0.5) is 0 Å². The summed E-state index contributed by atoms with van der Waals surface area (Å²) >= 11 is 0. The Hall–Kier alpha value is -1.61. The molecule has 1 heterocycles. The van der Waals surface area contributed by atoms with E-state index in [1.54, 1.807) is 4.80 Å². The topological polar surface area (TPSA) is 30.7 Å². The van der Waals surface area contributed by atoms with Gasteiger partial charge in [-0.25, -0.2) is 11.1 Å². The van der Waals surface area contributed by atoms with Gasteiger partial charge in [0.15, 0.2) is 0 Å². The van der Waals surface area contributed by atoms with Gasteiger partial charge in [0.25, 0.3) is 0 Å². The zero-order valence-corrected chi connectivity index (χ0v) is 19.6. The van der Waals surface area contributed by atoms with Gasteiger partial charge in [-0.05, 0) is 17.8 Å². The SMILES string of the molecule is CC1=[C-]CC=C1C.[Cl-].[Cl-].[Zr+4].c1ccc2[cH-]c(-n3nc4ccccc4n3)cc2c1. The van der Waals surface area contributed by atoms with Crippen LogP contribution in [0.15, 0.2) is 77.9 Å². The first kappa shape index (κ1) is 24.4. The third-order valence-corrected chi connectivity index (χ3v) is 4.49. The third kappa shape index (κ3) is 5.26. The first-order valence-electron chi connectivity index (χ1n) is 8.43. The maximum absolute atomic E-state index is 4.48. The molecule has 28 heavy (non-hydrogen) atoms. The van der Waals surface area contributed by atoms with E-state index >= 15 is 0 Å². The molecule has 0 atom stereocenters. The number of fused-ring (bicyclic) bond motifs is 2. The van der Waals surface area contributed by atoms with Gasteiger partial charge in [-0.3, -0.25) is 6.08 Å². The molecule has 4 aromatic rings. The molecular formula is C22H19Cl2N3Zr. The summed E-state index contributed by atoms with van der Waals surface area (Å²) in [6, 6.07) is 20.4. The molecule has 6 heteroatoms. The van der Waals surface area contributed by atoms with Crippen LogP contribution in [0.1, 0.15) is 20.3 Å². The first-order chi connectivity index (χ1) is 12.2. The van der Waals surface area contributed by atoms with E-state index in [1.807, 2.05) is 36.4 Å². The van der Waals surface area contributed by atoms with Crippen molar-refractivity contribution in [1.82, 2.24) is 15.0 Å². The van der Waals surface area contributed by atoms with Crippen molar-refractivity contribution < 1.29 is 51.0 Å². The van der Waals surface area contributed by atoms with E-state index in [0.717, 1.165) is 23.1 Å². The molecule has 0 fully saturated rings. The number of rotatable bonds is 1. The van der Waals surface area contributed by atoms with Crippen LogP contribution >= 0.6 is 0 Å². The van der Waals surface area contributed by atoms with Crippen molar-refractivity contribution in [2.24, 2.45) is 0 Å². The van der Waals surface area contributed by atoms with Crippen molar-refractivity contribution >= 4 is 21.8 Å². The van der Waals surface area contributed by atoms with Crippen molar-refractivity contribution in [3.05, 3.63) is 84.0 Å². The molecule has 3 nitrogen and oxygen atoms in total. The Morgan fingerprint density at radius 1 is 0.929 bits per heavy atom. The van der Waals surface area contributed by atoms with Crippen LogP contribution in [-0.2, 0) is 26.2 Å². The maximum atomic E-state index is 4.48. The van der Waals surface area contributed by atoms with Gasteiger partial charge in [0.2, 0.25) is 0 Å². The van der Waals surface area contributed by atoms with Gasteiger partial charge in [0.05, 0.1) is 0 Å². The number of hydrogen-bond acceptors (Lipinski definition) is 2. The zero-order valence-electron chi connectivity index (χ0n) is 15.7. The van der Waals surface area contributed by atoms with Crippen molar-refractivity contribution in [2.75, 3.05) is 0 Å². The van der Waals surface area contributed by atoms with Crippen LogP contribution in [0.2, 0.25) is 0 Å². The van der Waals surface area contributed by atoms with Gasteiger partial charge in [0.1, 0.15) is 11.0 Å². The quantitative estimate of drug-likeness (QED) is 0.336. The molecule has 0 radical (unpaired) electrons. The van der Waals surface area contributed by atoms with Crippen molar-refractivity contribution in [3.8, 4) is 5.69 Å². The van der Waals surface area contributed by atoms with E-state index in [0.29, 0.717) is 0 Å². The molecule has 0 aliphatic heterocycles. The van der Waals surface area contributed by atoms with Crippen LogP contribution in [0.5, 0.6) is 0 Å². The second kappa shape index (κ2) is 10.8. The average molecular weight is 488 g/mol. The Labute approximate surface area is 196 Å². The summed E-state index contributed by atoms with van der Waals surface area (Å²) in [5.74, 6) is 0. The van der Waals surface area contributed by atoms with Crippen LogP contribution in [0, 0.1) is 6.08 Å². The fourth-order valence-corrected chi connectivity index (χ4v) is 2.87. The standard InChI is InChI=1S/C15H10N3.C7H9.2ClH.Zr/c1-2-6-12-10-13(9-11(12)5-1)18-16-14-7-3-4-8-15(14)17-18;1-6-4-3-5-7(6)2;;;/h1-10H;4H,3H2,1-2H3;2*1H;/q2*-1;;;+4/p-2. The van der Waals surface area contributed by atoms with Gasteiger partial charge in [-0.15, -0.1) is 64.6 Å². The number of allylic oxidation sites excluding steroid dienone is 4. The molecule has 1 aromatic heterocycles. The summed E-state index contributed by atoms with van der Waals surface area (Å²) < 4.78 is 0. The van der Waals surface area contributed by atoms with Gasteiger partial charge in [0, 0.05) is 0 Å². The van der Waals surface area contributed by atoms with E-state index in [4.69, 9.17) is 0 Å². The molecule has 5 rings (SSSR count). The molecule has 0 unspecified atom stereocenters. The number of benzene rings is 2. The number of halogens is 2. The van der Waals surface area contributed by atoms with Gasteiger partial charge >= 0.3 is 26.2 Å². The van der Waals surface area contributed by atoms with E-state index < -0.39 is 0 Å². The molecule has 0 amide bonds. The monoisotopic (exact) mass is 485 g/mol. The number of hydrogen-bond donors (Lipinski definition) is 0. The van der Waals surface area contributed by atoms with E-state index in [-0.39, 0.29) is 51.0 Å². The van der Waals surface area contributed by atoms with Crippen LogP contribution < -0.4 is 24.8 Å². The largest absolute Gasteiger partial charge is 4.00 e. The first-order valence-corrected chi connectivity index (χ1v) is 8.43. The normalized spacial score (nSPS) is 12.1. The molecular weight excluding hydrogens is 468 g/mol. The van der Waals surface area contributed by atoms with Crippen LogP contribution in [-0.4, -0.2) is 15.0 Å². The Kier molecular flexibility index (Phi) is 9.43. The third-order valence-electron chi connectivity index (χ3n) is 4.49. The van der Waals surface area contributed by atoms with E-state index in [2.05, 4.69) is 60.5 Å². The summed E-state index contributed by atoms with van der Waals surface area (Å²) in [5.41, 5.74) is 5.55. The van der Waals surface area contributed by atoms with Crippen LogP contribution in [0.25, 0.3) is 27.5 Å². The van der Waals surface area contributed by atoms with Gasteiger partial charge < -0.3 is 24.8 Å². The van der Waals surface area contributed by atoms with Crippen molar-refractivity contribution in [1.29, 1.82) is 0 Å². The molecule has 1 aliphatic rings. The Morgan fingerprint density at radius 3 is 2.04 bits per heavy atom. The molecule has 0 saturated carbocycles. The van der Waals surface area contributed by atoms with Crippen molar-refractivity contribution in [3.63, 3.8) is 0 Å². The van der Waals surface area contributed by atoms with Crippen molar-refractivity contribution in [2.45, 2.75) is 20.3 Å². The van der Waals surface area contributed by atoms with Gasteiger partial charge in [-0.2, -0.15) is 10.9 Å². The predicted molar refractivity (Wildman–Crippen MR) is 103 cm³/mol. The smallest absolute Gasteiger partial charge is 1.00 e.